The largest absolute Gasteiger partial charge is 0.382 e. The van der Waals surface area contributed by atoms with Gasteiger partial charge < -0.3 is 10.2 Å². The number of H-pyrrole nitrogens is 1. The molecular formula is C20H23N5. The summed E-state index contributed by atoms with van der Waals surface area (Å²) in [6.07, 6.45) is 6.31. The number of aromatic amines is 1. The molecule has 4 rings (SSSR count). The number of benzene rings is 1. The Morgan fingerprint density at radius 3 is 2.88 bits per heavy atom. The van der Waals surface area contributed by atoms with Crippen molar-refractivity contribution in [3.63, 3.8) is 0 Å². The molecule has 0 atom stereocenters. The second-order valence-electron chi connectivity index (χ2n) is 6.53. The first kappa shape index (κ1) is 15.8. The van der Waals surface area contributed by atoms with Gasteiger partial charge in [-0.05, 0) is 49.7 Å². The van der Waals surface area contributed by atoms with Crippen LogP contribution in [0, 0.1) is 0 Å². The van der Waals surface area contributed by atoms with Crippen molar-refractivity contribution in [2.75, 3.05) is 26.2 Å². The average molecular weight is 333 g/mol. The zero-order valence-electron chi connectivity index (χ0n) is 14.3. The highest BCUT2D eigenvalue weighted by Gasteiger charge is 2.13. The maximum Gasteiger partial charge on any atom is 0.115 e. The topological polar surface area (TPSA) is 56.8 Å². The summed E-state index contributed by atoms with van der Waals surface area (Å²) in [7, 11) is 0. The predicted octanol–water partition coefficient (Wildman–Crippen LogP) is 3.28. The highest BCUT2D eigenvalue weighted by atomic mass is 15.2. The summed E-state index contributed by atoms with van der Waals surface area (Å²) in [6, 6.07) is 10.3. The third-order valence-electron chi connectivity index (χ3n) is 4.81. The SMILES string of the molecule is C=C(NCCN1CCCC1)c1n[nH]c2ccc(-c3cccnc3)cc12. The van der Waals surface area contributed by atoms with Crippen LogP contribution in [0.5, 0.6) is 0 Å². The van der Waals surface area contributed by atoms with Gasteiger partial charge in [0, 0.05) is 36.4 Å². The molecular weight excluding hydrogens is 310 g/mol. The van der Waals surface area contributed by atoms with E-state index in [0.717, 1.165) is 46.5 Å². The fourth-order valence-corrected chi connectivity index (χ4v) is 3.41. The molecule has 0 bridgehead atoms. The fraction of sp³-hybridized carbons (Fsp3) is 0.300. The van der Waals surface area contributed by atoms with E-state index < -0.39 is 0 Å². The third-order valence-corrected chi connectivity index (χ3v) is 4.81. The van der Waals surface area contributed by atoms with Crippen LogP contribution in [0.25, 0.3) is 27.7 Å². The van der Waals surface area contributed by atoms with Crippen LogP contribution in [0.15, 0.2) is 49.3 Å². The minimum atomic E-state index is 0.869. The normalized spacial score (nSPS) is 14.9. The predicted molar refractivity (Wildman–Crippen MR) is 102 cm³/mol. The highest BCUT2D eigenvalue weighted by molar-refractivity contribution is 5.92. The Morgan fingerprint density at radius 2 is 2.08 bits per heavy atom. The van der Waals surface area contributed by atoms with Crippen molar-refractivity contribution in [3.05, 3.63) is 55.0 Å². The average Bonchev–Trinajstić information content (AvgIpc) is 3.31. The molecule has 1 saturated heterocycles. The van der Waals surface area contributed by atoms with Crippen LogP contribution in [-0.4, -0.2) is 46.3 Å². The van der Waals surface area contributed by atoms with E-state index >= 15 is 0 Å². The fourth-order valence-electron chi connectivity index (χ4n) is 3.41. The summed E-state index contributed by atoms with van der Waals surface area (Å²) in [5, 5.41) is 12.1. The van der Waals surface area contributed by atoms with Gasteiger partial charge >= 0.3 is 0 Å². The number of nitrogens with zero attached hydrogens (tertiary/aromatic N) is 3. The first-order chi connectivity index (χ1) is 12.3. The van der Waals surface area contributed by atoms with Crippen molar-refractivity contribution in [2.45, 2.75) is 12.8 Å². The first-order valence-electron chi connectivity index (χ1n) is 8.85. The molecule has 1 aromatic carbocycles. The van der Waals surface area contributed by atoms with Crippen LogP contribution in [0.3, 0.4) is 0 Å². The summed E-state index contributed by atoms with van der Waals surface area (Å²) in [5.41, 5.74) is 5.01. The van der Waals surface area contributed by atoms with Crippen molar-refractivity contribution in [3.8, 4) is 11.1 Å². The van der Waals surface area contributed by atoms with E-state index in [2.05, 4.69) is 56.2 Å². The lowest BCUT2D eigenvalue weighted by Crippen LogP contribution is -2.29. The lowest BCUT2D eigenvalue weighted by Gasteiger charge is -2.15. The number of likely N-dealkylation sites (tertiary alicyclic amines) is 1. The number of aromatic nitrogens is 3. The standard InChI is InChI=1S/C20H23N5/c1-15(22-9-12-25-10-2-3-11-25)20-18-13-16(6-7-19(18)23-24-20)17-5-4-8-21-14-17/h4-8,13-14,22H,1-3,9-12H2,(H,23,24). The zero-order chi connectivity index (χ0) is 17.1. The molecule has 0 unspecified atom stereocenters. The van der Waals surface area contributed by atoms with Crippen molar-refractivity contribution < 1.29 is 0 Å². The molecule has 2 aromatic heterocycles. The Morgan fingerprint density at radius 1 is 1.20 bits per heavy atom. The number of pyridine rings is 1. The molecule has 5 nitrogen and oxygen atoms in total. The van der Waals surface area contributed by atoms with E-state index in [1.807, 2.05) is 12.3 Å². The van der Waals surface area contributed by atoms with E-state index in [-0.39, 0.29) is 0 Å². The van der Waals surface area contributed by atoms with Crippen LogP contribution in [-0.2, 0) is 0 Å². The molecule has 1 aliphatic heterocycles. The number of rotatable bonds is 6. The van der Waals surface area contributed by atoms with Gasteiger partial charge in [0.05, 0.1) is 11.2 Å². The van der Waals surface area contributed by atoms with E-state index in [9.17, 15) is 0 Å². The van der Waals surface area contributed by atoms with E-state index in [4.69, 9.17) is 0 Å². The van der Waals surface area contributed by atoms with Gasteiger partial charge in [-0.3, -0.25) is 10.1 Å². The summed E-state index contributed by atoms with van der Waals surface area (Å²) in [5.74, 6) is 0. The smallest absolute Gasteiger partial charge is 0.115 e. The quantitative estimate of drug-likeness (QED) is 0.727. The molecule has 1 aliphatic rings. The minimum Gasteiger partial charge on any atom is -0.382 e. The maximum absolute atomic E-state index is 4.46. The van der Waals surface area contributed by atoms with Crippen LogP contribution >= 0.6 is 0 Å². The van der Waals surface area contributed by atoms with E-state index in [1.54, 1.807) is 6.20 Å². The van der Waals surface area contributed by atoms with Gasteiger partial charge in [0.15, 0.2) is 0 Å². The van der Waals surface area contributed by atoms with Gasteiger partial charge in [0.2, 0.25) is 0 Å². The molecule has 3 aromatic rings. The second-order valence-corrected chi connectivity index (χ2v) is 6.53. The second kappa shape index (κ2) is 7.07. The van der Waals surface area contributed by atoms with Gasteiger partial charge in [0.1, 0.15) is 5.69 Å². The molecule has 5 heteroatoms. The monoisotopic (exact) mass is 333 g/mol. The lowest BCUT2D eigenvalue weighted by atomic mass is 10.0. The summed E-state index contributed by atoms with van der Waals surface area (Å²) in [6.45, 7) is 8.58. The van der Waals surface area contributed by atoms with Gasteiger partial charge in [-0.2, -0.15) is 5.10 Å². The Balaban J connectivity index is 1.51. The summed E-state index contributed by atoms with van der Waals surface area (Å²) in [4.78, 5) is 6.70. The molecule has 3 heterocycles. The molecule has 1 fully saturated rings. The van der Waals surface area contributed by atoms with Crippen LogP contribution in [0.2, 0.25) is 0 Å². The van der Waals surface area contributed by atoms with E-state index in [1.165, 1.54) is 25.9 Å². The first-order valence-corrected chi connectivity index (χ1v) is 8.85. The molecule has 0 radical (unpaired) electrons. The zero-order valence-corrected chi connectivity index (χ0v) is 14.3. The van der Waals surface area contributed by atoms with Crippen LogP contribution in [0.4, 0.5) is 0 Å². The summed E-state index contributed by atoms with van der Waals surface area (Å²) < 4.78 is 0. The summed E-state index contributed by atoms with van der Waals surface area (Å²) >= 11 is 0. The molecule has 2 N–H and O–H groups in total. The Labute approximate surface area is 147 Å². The van der Waals surface area contributed by atoms with Crippen molar-refractivity contribution in [1.29, 1.82) is 0 Å². The Bertz CT molecular complexity index is 862. The van der Waals surface area contributed by atoms with Gasteiger partial charge in [-0.15, -0.1) is 0 Å². The molecule has 0 amide bonds. The Kier molecular flexibility index (Phi) is 4.48. The minimum absolute atomic E-state index is 0.869. The van der Waals surface area contributed by atoms with Crippen LogP contribution in [0.1, 0.15) is 18.5 Å². The van der Waals surface area contributed by atoms with Gasteiger partial charge in [-0.25, -0.2) is 0 Å². The molecule has 0 saturated carbocycles. The number of hydrogen-bond acceptors (Lipinski definition) is 4. The highest BCUT2D eigenvalue weighted by Crippen LogP contribution is 2.26. The molecule has 0 spiro atoms. The maximum atomic E-state index is 4.46. The van der Waals surface area contributed by atoms with Crippen molar-refractivity contribution >= 4 is 16.6 Å². The number of nitrogens with one attached hydrogen (secondary N) is 2. The number of fused-ring (bicyclic) bond motifs is 1. The van der Waals surface area contributed by atoms with Crippen LogP contribution < -0.4 is 5.32 Å². The molecule has 0 aliphatic carbocycles. The van der Waals surface area contributed by atoms with E-state index in [0.29, 0.717) is 0 Å². The lowest BCUT2D eigenvalue weighted by molar-refractivity contribution is 0.343. The molecule has 128 valence electrons. The Hall–Kier alpha value is -2.66. The molecule has 25 heavy (non-hydrogen) atoms. The van der Waals surface area contributed by atoms with Gasteiger partial charge in [-0.1, -0.05) is 18.7 Å². The van der Waals surface area contributed by atoms with Gasteiger partial charge in [0.25, 0.3) is 0 Å². The van der Waals surface area contributed by atoms with Crippen molar-refractivity contribution in [1.82, 2.24) is 25.4 Å². The number of hydrogen-bond donors (Lipinski definition) is 2. The van der Waals surface area contributed by atoms with Crippen molar-refractivity contribution in [2.24, 2.45) is 0 Å². The third kappa shape index (κ3) is 3.42.